The zero-order valence-corrected chi connectivity index (χ0v) is 13.8. The van der Waals surface area contributed by atoms with E-state index in [1.165, 1.54) is 0 Å². The molecule has 0 unspecified atom stereocenters. The Morgan fingerprint density at radius 3 is 2.71 bits per heavy atom. The maximum atomic E-state index is 12.4. The van der Waals surface area contributed by atoms with Crippen LogP contribution in [0.1, 0.15) is 37.0 Å². The second-order valence-corrected chi connectivity index (χ2v) is 6.53. The van der Waals surface area contributed by atoms with Crippen molar-refractivity contribution in [3.63, 3.8) is 0 Å². The molecule has 0 spiro atoms. The lowest BCUT2D eigenvalue weighted by atomic mass is 9.95. The van der Waals surface area contributed by atoms with Gasteiger partial charge in [0.2, 0.25) is 0 Å². The fourth-order valence-electron chi connectivity index (χ4n) is 2.64. The van der Waals surface area contributed by atoms with Crippen LogP contribution in [-0.4, -0.2) is 53.4 Å². The van der Waals surface area contributed by atoms with E-state index in [0.29, 0.717) is 22.5 Å². The van der Waals surface area contributed by atoms with Crippen LogP contribution in [0.5, 0.6) is 0 Å². The Morgan fingerprint density at radius 1 is 1.48 bits per heavy atom. The topological polar surface area (TPSA) is 36.4 Å². The molecule has 0 radical (unpaired) electrons. The molecule has 1 aromatic rings. The Balaban J connectivity index is 1.89. The number of nitrogens with zero attached hydrogens (tertiary/aromatic N) is 3. The fraction of sp³-hybridized carbons (Fsp3) is 0.625. The van der Waals surface area contributed by atoms with Crippen molar-refractivity contribution in [2.45, 2.75) is 32.7 Å². The SMILES string of the molecule is CC(C)N(C)CC1CCN(C(=O)c2cnccc2Cl)CC1. The summed E-state index contributed by atoms with van der Waals surface area (Å²) in [4.78, 5) is 20.7. The highest BCUT2D eigenvalue weighted by molar-refractivity contribution is 6.33. The first-order chi connectivity index (χ1) is 9.99. The number of rotatable bonds is 4. The monoisotopic (exact) mass is 309 g/mol. The summed E-state index contributed by atoms with van der Waals surface area (Å²) in [6.07, 6.45) is 5.28. The highest BCUT2D eigenvalue weighted by Gasteiger charge is 2.25. The summed E-state index contributed by atoms with van der Waals surface area (Å²) in [7, 11) is 2.16. The Labute approximate surface area is 132 Å². The fourth-order valence-corrected chi connectivity index (χ4v) is 2.83. The standard InChI is InChI=1S/C16H24ClN3O/c1-12(2)19(3)11-13-5-8-20(9-6-13)16(21)14-10-18-7-4-15(14)17/h4,7,10,12-13H,5-6,8-9,11H2,1-3H3. The molecule has 0 aromatic carbocycles. The van der Waals surface area contributed by atoms with Crippen molar-refractivity contribution < 1.29 is 4.79 Å². The first kappa shape index (κ1) is 16.2. The minimum Gasteiger partial charge on any atom is -0.339 e. The van der Waals surface area contributed by atoms with E-state index in [2.05, 4.69) is 30.8 Å². The number of halogens is 1. The van der Waals surface area contributed by atoms with Gasteiger partial charge in [-0.1, -0.05) is 11.6 Å². The normalized spacial score (nSPS) is 16.8. The molecule has 4 nitrogen and oxygen atoms in total. The van der Waals surface area contributed by atoms with Gasteiger partial charge in [-0.2, -0.15) is 0 Å². The molecule has 1 aliphatic heterocycles. The smallest absolute Gasteiger partial charge is 0.256 e. The third-order valence-corrected chi connectivity index (χ3v) is 4.66. The van der Waals surface area contributed by atoms with Crippen molar-refractivity contribution in [3.8, 4) is 0 Å². The van der Waals surface area contributed by atoms with E-state index in [-0.39, 0.29) is 5.91 Å². The second kappa shape index (κ2) is 7.23. The van der Waals surface area contributed by atoms with E-state index in [0.717, 1.165) is 32.5 Å². The Bertz CT molecular complexity index is 484. The molecule has 1 aliphatic rings. The second-order valence-electron chi connectivity index (χ2n) is 6.12. The lowest BCUT2D eigenvalue weighted by Crippen LogP contribution is -2.42. The molecule has 0 bridgehead atoms. The van der Waals surface area contributed by atoms with E-state index in [4.69, 9.17) is 11.6 Å². The van der Waals surface area contributed by atoms with Gasteiger partial charge >= 0.3 is 0 Å². The molecule has 116 valence electrons. The number of carbonyl (C=O) groups is 1. The van der Waals surface area contributed by atoms with Crippen LogP contribution >= 0.6 is 11.6 Å². The third-order valence-electron chi connectivity index (χ3n) is 4.33. The lowest BCUT2D eigenvalue weighted by Gasteiger charge is -2.35. The molecule has 0 N–H and O–H groups in total. The van der Waals surface area contributed by atoms with Gasteiger partial charge in [-0.05, 0) is 45.7 Å². The van der Waals surface area contributed by atoms with Crippen molar-refractivity contribution in [1.82, 2.24) is 14.8 Å². The molecular formula is C16H24ClN3O. The number of aromatic nitrogens is 1. The van der Waals surface area contributed by atoms with Crippen LogP contribution in [0.15, 0.2) is 18.5 Å². The van der Waals surface area contributed by atoms with Crippen molar-refractivity contribution >= 4 is 17.5 Å². The molecule has 5 heteroatoms. The number of carbonyl (C=O) groups excluding carboxylic acids is 1. The Hall–Kier alpha value is -1.13. The molecule has 0 saturated carbocycles. The highest BCUT2D eigenvalue weighted by Crippen LogP contribution is 2.22. The summed E-state index contributed by atoms with van der Waals surface area (Å²) in [5, 5.41) is 0.483. The van der Waals surface area contributed by atoms with Crippen LogP contribution in [-0.2, 0) is 0 Å². The van der Waals surface area contributed by atoms with Gasteiger partial charge in [0.05, 0.1) is 10.6 Å². The first-order valence-corrected chi connectivity index (χ1v) is 7.96. The van der Waals surface area contributed by atoms with Crippen molar-refractivity contribution in [1.29, 1.82) is 0 Å². The van der Waals surface area contributed by atoms with Crippen LogP contribution in [0.4, 0.5) is 0 Å². The maximum Gasteiger partial charge on any atom is 0.256 e. The summed E-state index contributed by atoms with van der Waals surface area (Å²) >= 11 is 6.08. The van der Waals surface area contributed by atoms with Gasteiger partial charge in [-0.3, -0.25) is 9.78 Å². The van der Waals surface area contributed by atoms with Crippen molar-refractivity contribution in [2.75, 3.05) is 26.7 Å². The van der Waals surface area contributed by atoms with Gasteiger partial charge in [0.1, 0.15) is 0 Å². The summed E-state index contributed by atoms with van der Waals surface area (Å²) in [5.74, 6) is 0.676. The molecule has 2 heterocycles. The molecule has 1 saturated heterocycles. The van der Waals surface area contributed by atoms with E-state index in [9.17, 15) is 4.79 Å². The maximum absolute atomic E-state index is 12.4. The van der Waals surface area contributed by atoms with Crippen LogP contribution in [0, 0.1) is 5.92 Å². The van der Waals surface area contributed by atoms with E-state index < -0.39 is 0 Å². The zero-order valence-electron chi connectivity index (χ0n) is 13.1. The number of likely N-dealkylation sites (tertiary alicyclic amines) is 1. The lowest BCUT2D eigenvalue weighted by molar-refractivity contribution is 0.0666. The van der Waals surface area contributed by atoms with Gasteiger partial charge in [0.25, 0.3) is 5.91 Å². The molecule has 21 heavy (non-hydrogen) atoms. The minimum atomic E-state index is 0.00349. The largest absolute Gasteiger partial charge is 0.339 e. The molecule has 1 amide bonds. The molecule has 2 rings (SSSR count). The average molecular weight is 310 g/mol. The molecule has 1 fully saturated rings. The van der Waals surface area contributed by atoms with E-state index in [1.807, 2.05) is 4.90 Å². The Kier molecular flexibility index (Phi) is 5.59. The Morgan fingerprint density at radius 2 is 2.14 bits per heavy atom. The third kappa shape index (κ3) is 4.17. The van der Waals surface area contributed by atoms with E-state index >= 15 is 0 Å². The van der Waals surface area contributed by atoms with E-state index in [1.54, 1.807) is 18.5 Å². The van der Waals surface area contributed by atoms with Crippen LogP contribution in [0.3, 0.4) is 0 Å². The predicted octanol–water partition coefficient (Wildman–Crippen LogP) is 2.93. The summed E-state index contributed by atoms with van der Waals surface area (Å²) < 4.78 is 0. The van der Waals surface area contributed by atoms with Crippen LogP contribution in [0.2, 0.25) is 5.02 Å². The van der Waals surface area contributed by atoms with Gasteiger partial charge in [0, 0.05) is 38.1 Å². The molecule has 0 atom stereocenters. The molecule has 0 aliphatic carbocycles. The number of pyridine rings is 1. The number of piperidine rings is 1. The quantitative estimate of drug-likeness (QED) is 0.858. The van der Waals surface area contributed by atoms with Crippen LogP contribution < -0.4 is 0 Å². The average Bonchev–Trinajstić information content (AvgIpc) is 2.47. The summed E-state index contributed by atoms with van der Waals surface area (Å²) in [6, 6.07) is 2.23. The van der Waals surface area contributed by atoms with Gasteiger partial charge in [-0.25, -0.2) is 0 Å². The minimum absolute atomic E-state index is 0.00349. The molecule has 1 aromatic heterocycles. The van der Waals surface area contributed by atoms with Gasteiger partial charge in [0.15, 0.2) is 0 Å². The van der Waals surface area contributed by atoms with Gasteiger partial charge < -0.3 is 9.80 Å². The predicted molar refractivity (Wildman–Crippen MR) is 85.6 cm³/mol. The van der Waals surface area contributed by atoms with Crippen molar-refractivity contribution in [3.05, 3.63) is 29.0 Å². The van der Waals surface area contributed by atoms with Gasteiger partial charge in [-0.15, -0.1) is 0 Å². The number of hydrogen-bond donors (Lipinski definition) is 0. The molecular weight excluding hydrogens is 286 g/mol. The number of amides is 1. The first-order valence-electron chi connectivity index (χ1n) is 7.58. The summed E-state index contributed by atoms with van der Waals surface area (Å²) in [6.45, 7) is 7.14. The highest BCUT2D eigenvalue weighted by atomic mass is 35.5. The van der Waals surface area contributed by atoms with Crippen LogP contribution in [0.25, 0.3) is 0 Å². The summed E-state index contributed by atoms with van der Waals surface area (Å²) in [5.41, 5.74) is 0.511. The number of hydrogen-bond acceptors (Lipinski definition) is 3. The zero-order chi connectivity index (χ0) is 15.4. The van der Waals surface area contributed by atoms with Crippen molar-refractivity contribution in [2.24, 2.45) is 5.92 Å².